The Morgan fingerprint density at radius 1 is 1.25 bits per heavy atom. The van der Waals surface area contributed by atoms with Crippen molar-refractivity contribution < 1.29 is 9.18 Å². The van der Waals surface area contributed by atoms with E-state index in [1.165, 1.54) is 12.3 Å². The van der Waals surface area contributed by atoms with E-state index in [4.69, 9.17) is 0 Å². The van der Waals surface area contributed by atoms with Crippen LogP contribution < -0.4 is 4.90 Å². The zero-order valence-electron chi connectivity index (χ0n) is 10.9. The summed E-state index contributed by atoms with van der Waals surface area (Å²) in [7, 11) is 0. The SMILES string of the molecule is O=CCN1CCCc2cc(-c3cncc(F)c3)cnc21. The number of pyridine rings is 2. The Hall–Kier alpha value is -2.30. The van der Waals surface area contributed by atoms with E-state index >= 15 is 0 Å². The molecule has 4 nitrogen and oxygen atoms in total. The van der Waals surface area contributed by atoms with Crippen molar-refractivity contribution in [1.82, 2.24) is 9.97 Å². The van der Waals surface area contributed by atoms with Crippen molar-refractivity contribution in [2.75, 3.05) is 18.0 Å². The summed E-state index contributed by atoms with van der Waals surface area (Å²) < 4.78 is 13.2. The fourth-order valence-electron chi connectivity index (χ4n) is 2.53. The standard InChI is InChI=1S/C15H14FN3O/c16-14-7-13(8-17-10-14)12-6-11-2-1-3-19(4-5-20)15(11)18-9-12/h5-10H,1-4H2. The lowest BCUT2D eigenvalue weighted by Crippen LogP contribution is -2.31. The minimum absolute atomic E-state index is 0.359. The van der Waals surface area contributed by atoms with Crippen LogP contribution in [0.2, 0.25) is 0 Å². The molecule has 0 saturated carbocycles. The number of hydrogen-bond donors (Lipinski definition) is 0. The number of hydrogen-bond acceptors (Lipinski definition) is 4. The number of halogens is 1. The van der Waals surface area contributed by atoms with Crippen LogP contribution in [0.25, 0.3) is 11.1 Å². The van der Waals surface area contributed by atoms with Crippen molar-refractivity contribution >= 4 is 12.1 Å². The van der Waals surface area contributed by atoms with Gasteiger partial charge in [-0.1, -0.05) is 0 Å². The lowest BCUT2D eigenvalue weighted by Gasteiger charge is -2.28. The third-order valence-corrected chi connectivity index (χ3v) is 3.45. The van der Waals surface area contributed by atoms with Crippen LogP contribution in [0.15, 0.2) is 30.7 Å². The number of anilines is 1. The Balaban J connectivity index is 1.99. The number of carbonyl (C=O) groups is 1. The molecule has 5 heteroatoms. The fraction of sp³-hybridized carbons (Fsp3) is 0.267. The molecule has 0 amide bonds. The Labute approximate surface area is 116 Å². The summed E-state index contributed by atoms with van der Waals surface area (Å²) in [6.45, 7) is 1.21. The van der Waals surface area contributed by atoms with Crippen LogP contribution >= 0.6 is 0 Å². The first kappa shape index (κ1) is 12.7. The molecule has 0 radical (unpaired) electrons. The summed E-state index contributed by atoms with van der Waals surface area (Å²) >= 11 is 0. The summed E-state index contributed by atoms with van der Waals surface area (Å²) in [4.78, 5) is 21.0. The number of fused-ring (bicyclic) bond motifs is 1. The van der Waals surface area contributed by atoms with Gasteiger partial charge in [-0.3, -0.25) is 4.98 Å². The van der Waals surface area contributed by atoms with Crippen molar-refractivity contribution in [3.63, 3.8) is 0 Å². The maximum Gasteiger partial charge on any atom is 0.142 e. The van der Waals surface area contributed by atoms with E-state index in [1.807, 2.05) is 11.0 Å². The van der Waals surface area contributed by atoms with Crippen molar-refractivity contribution in [1.29, 1.82) is 0 Å². The number of nitrogens with zero attached hydrogens (tertiary/aromatic N) is 3. The first-order chi connectivity index (χ1) is 9.78. The van der Waals surface area contributed by atoms with Gasteiger partial charge < -0.3 is 9.69 Å². The molecule has 0 bridgehead atoms. The Morgan fingerprint density at radius 2 is 2.10 bits per heavy atom. The van der Waals surface area contributed by atoms with Crippen molar-refractivity contribution in [3.05, 3.63) is 42.1 Å². The van der Waals surface area contributed by atoms with Crippen LogP contribution in [-0.2, 0) is 11.2 Å². The van der Waals surface area contributed by atoms with E-state index in [9.17, 15) is 9.18 Å². The Bertz CT molecular complexity index is 645. The van der Waals surface area contributed by atoms with Gasteiger partial charge in [-0.05, 0) is 30.5 Å². The highest BCUT2D eigenvalue weighted by Gasteiger charge is 2.18. The van der Waals surface area contributed by atoms with Crippen molar-refractivity contribution in [2.45, 2.75) is 12.8 Å². The van der Waals surface area contributed by atoms with Crippen molar-refractivity contribution in [3.8, 4) is 11.1 Å². The quantitative estimate of drug-likeness (QED) is 0.803. The molecule has 2 aromatic rings. The second kappa shape index (κ2) is 5.36. The molecule has 2 aromatic heterocycles. The molecule has 0 saturated heterocycles. The number of aryl methyl sites for hydroxylation is 1. The molecule has 20 heavy (non-hydrogen) atoms. The van der Waals surface area contributed by atoms with Gasteiger partial charge in [-0.2, -0.15) is 0 Å². The van der Waals surface area contributed by atoms with Crippen LogP contribution in [0, 0.1) is 5.82 Å². The summed E-state index contributed by atoms with van der Waals surface area (Å²) in [5, 5.41) is 0. The molecular weight excluding hydrogens is 257 g/mol. The topological polar surface area (TPSA) is 46.1 Å². The predicted octanol–water partition coefficient (Wildman–Crippen LogP) is 2.23. The van der Waals surface area contributed by atoms with Gasteiger partial charge in [0.25, 0.3) is 0 Å². The average Bonchev–Trinajstić information content (AvgIpc) is 2.47. The lowest BCUT2D eigenvalue weighted by atomic mass is 10.0. The highest BCUT2D eigenvalue weighted by atomic mass is 19.1. The minimum atomic E-state index is -0.359. The summed E-state index contributed by atoms with van der Waals surface area (Å²) in [5.41, 5.74) is 2.66. The highest BCUT2D eigenvalue weighted by molar-refractivity contribution is 5.68. The number of aromatic nitrogens is 2. The van der Waals surface area contributed by atoms with Gasteiger partial charge in [0.15, 0.2) is 0 Å². The molecule has 3 heterocycles. The van der Waals surface area contributed by atoms with Gasteiger partial charge in [0.2, 0.25) is 0 Å². The summed E-state index contributed by atoms with van der Waals surface area (Å²) in [6.07, 6.45) is 7.32. The van der Waals surface area contributed by atoms with E-state index in [1.54, 1.807) is 12.4 Å². The van der Waals surface area contributed by atoms with Crippen molar-refractivity contribution in [2.24, 2.45) is 0 Å². The van der Waals surface area contributed by atoms with Gasteiger partial charge in [-0.15, -0.1) is 0 Å². The van der Waals surface area contributed by atoms with Gasteiger partial charge in [0.05, 0.1) is 12.7 Å². The van der Waals surface area contributed by atoms with E-state index in [0.29, 0.717) is 12.1 Å². The lowest BCUT2D eigenvalue weighted by molar-refractivity contribution is -0.106. The Morgan fingerprint density at radius 3 is 2.90 bits per heavy atom. The molecule has 1 aliphatic rings. The van der Waals surface area contributed by atoms with Crippen LogP contribution in [0.4, 0.5) is 10.2 Å². The molecule has 0 aliphatic carbocycles. The van der Waals surface area contributed by atoms with Gasteiger partial charge in [0.1, 0.15) is 17.9 Å². The number of carbonyl (C=O) groups excluding carboxylic acids is 1. The van der Waals surface area contributed by atoms with Gasteiger partial charge in [-0.25, -0.2) is 9.37 Å². The van der Waals surface area contributed by atoms with E-state index in [2.05, 4.69) is 9.97 Å². The summed E-state index contributed by atoms with van der Waals surface area (Å²) in [5.74, 6) is 0.499. The second-order valence-electron chi connectivity index (χ2n) is 4.81. The first-order valence-corrected chi connectivity index (χ1v) is 6.56. The first-order valence-electron chi connectivity index (χ1n) is 6.56. The molecule has 0 fully saturated rings. The molecule has 0 atom stereocenters. The molecule has 0 N–H and O–H groups in total. The third kappa shape index (κ3) is 2.39. The van der Waals surface area contributed by atoms with Gasteiger partial charge >= 0.3 is 0 Å². The second-order valence-corrected chi connectivity index (χ2v) is 4.81. The number of aldehydes is 1. The van der Waals surface area contributed by atoms with Gasteiger partial charge in [0, 0.05) is 30.1 Å². The molecule has 102 valence electrons. The van der Waals surface area contributed by atoms with Crippen LogP contribution in [0.1, 0.15) is 12.0 Å². The highest BCUT2D eigenvalue weighted by Crippen LogP contribution is 2.28. The molecule has 0 spiro atoms. The Kier molecular flexibility index (Phi) is 3.41. The average molecular weight is 271 g/mol. The van der Waals surface area contributed by atoms with E-state index in [0.717, 1.165) is 42.6 Å². The molecular formula is C15H14FN3O. The molecule has 3 rings (SSSR count). The number of rotatable bonds is 3. The maximum atomic E-state index is 13.2. The van der Waals surface area contributed by atoms with Crippen LogP contribution in [-0.4, -0.2) is 29.3 Å². The fourth-order valence-corrected chi connectivity index (χ4v) is 2.53. The smallest absolute Gasteiger partial charge is 0.142 e. The third-order valence-electron chi connectivity index (χ3n) is 3.45. The maximum absolute atomic E-state index is 13.2. The largest absolute Gasteiger partial charge is 0.349 e. The normalized spacial score (nSPS) is 13.9. The molecule has 0 unspecified atom stereocenters. The predicted molar refractivity (Wildman–Crippen MR) is 74.0 cm³/mol. The zero-order chi connectivity index (χ0) is 13.9. The molecule has 1 aliphatic heterocycles. The zero-order valence-corrected chi connectivity index (χ0v) is 10.9. The van der Waals surface area contributed by atoms with E-state index in [-0.39, 0.29) is 5.82 Å². The summed E-state index contributed by atoms with van der Waals surface area (Å²) in [6, 6.07) is 3.46. The van der Waals surface area contributed by atoms with E-state index < -0.39 is 0 Å². The van der Waals surface area contributed by atoms with Crippen LogP contribution in [0.5, 0.6) is 0 Å². The monoisotopic (exact) mass is 271 g/mol. The minimum Gasteiger partial charge on any atom is -0.349 e. The van der Waals surface area contributed by atoms with Crippen LogP contribution in [0.3, 0.4) is 0 Å². The molecule has 0 aromatic carbocycles.